The number of ether oxygens (including phenoxy) is 1. The summed E-state index contributed by atoms with van der Waals surface area (Å²) in [6.07, 6.45) is -4.69. The molecule has 0 unspecified atom stereocenters. The molecule has 90 valence electrons. The van der Waals surface area contributed by atoms with Crippen molar-refractivity contribution in [2.75, 3.05) is 0 Å². The van der Waals surface area contributed by atoms with E-state index in [0.717, 1.165) is 0 Å². The Morgan fingerprint density at radius 3 is 2.29 bits per heavy atom. The van der Waals surface area contributed by atoms with Gasteiger partial charge in [-0.25, -0.2) is 4.68 Å². The van der Waals surface area contributed by atoms with Crippen molar-refractivity contribution in [2.45, 2.75) is 6.36 Å². The second-order valence-electron chi connectivity index (χ2n) is 3.20. The maximum absolute atomic E-state index is 11.9. The minimum Gasteiger partial charge on any atom is -0.406 e. The molecule has 2 rings (SSSR count). The maximum Gasteiger partial charge on any atom is 0.573 e. The molecule has 0 bridgehead atoms. The molecule has 1 aromatic carbocycles. The zero-order chi connectivity index (χ0) is 12.5. The fourth-order valence-electron chi connectivity index (χ4n) is 1.28. The lowest BCUT2D eigenvalue weighted by molar-refractivity contribution is -0.274. The van der Waals surface area contributed by atoms with Crippen LogP contribution in [0.5, 0.6) is 5.75 Å². The van der Waals surface area contributed by atoms with Gasteiger partial charge in [-0.1, -0.05) is 0 Å². The lowest BCUT2D eigenvalue weighted by atomic mass is 10.2. The first-order chi connectivity index (χ1) is 7.96. The highest BCUT2D eigenvalue weighted by Crippen LogP contribution is 2.25. The minimum absolute atomic E-state index is 0.281. The predicted octanol–water partition coefficient (Wildman–Crippen LogP) is 1.78. The number of alkyl halides is 3. The highest BCUT2D eigenvalue weighted by Gasteiger charge is 2.30. The van der Waals surface area contributed by atoms with Gasteiger partial charge in [-0.15, -0.1) is 18.3 Å². The van der Waals surface area contributed by atoms with Gasteiger partial charge in [0.1, 0.15) is 5.75 Å². The number of hydrogen-bond donors (Lipinski definition) is 0. The lowest BCUT2D eigenvalue weighted by Gasteiger charge is -2.08. The maximum atomic E-state index is 11.9. The van der Waals surface area contributed by atoms with Crippen molar-refractivity contribution in [3.63, 3.8) is 0 Å². The number of nitrogens with zero attached hydrogens (tertiary/aromatic N) is 4. The minimum atomic E-state index is -4.69. The Bertz CT molecular complexity index is 506. The Balaban J connectivity index is 2.22. The molecular weight excluding hydrogens is 237 g/mol. The molecule has 0 atom stereocenters. The summed E-state index contributed by atoms with van der Waals surface area (Å²) in [4.78, 5) is 0. The SMILES string of the molecule is Cn1nnnc1-c1ccc(OC(F)(F)F)cc1. The van der Waals surface area contributed by atoms with Crippen LogP contribution < -0.4 is 4.74 Å². The second kappa shape index (κ2) is 4.04. The van der Waals surface area contributed by atoms with Gasteiger partial charge in [0.25, 0.3) is 0 Å². The molecule has 1 heterocycles. The molecule has 8 heteroatoms. The largest absolute Gasteiger partial charge is 0.573 e. The van der Waals surface area contributed by atoms with E-state index in [2.05, 4.69) is 20.3 Å². The van der Waals surface area contributed by atoms with Crippen molar-refractivity contribution in [3.8, 4) is 17.1 Å². The summed E-state index contributed by atoms with van der Waals surface area (Å²) in [5.74, 6) is 0.180. The molecule has 0 N–H and O–H groups in total. The summed E-state index contributed by atoms with van der Waals surface area (Å²) < 4.78 is 40.9. The van der Waals surface area contributed by atoms with Crippen LogP contribution >= 0.6 is 0 Å². The summed E-state index contributed by atoms with van der Waals surface area (Å²) in [7, 11) is 1.63. The van der Waals surface area contributed by atoms with Gasteiger partial charge in [-0.05, 0) is 34.7 Å². The van der Waals surface area contributed by atoms with E-state index in [0.29, 0.717) is 11.4 Å². The van der Waals surface area contributed by atoms with E-state index in [1.807, 2.05) is 0 Å². The zero-order valence-electron chi connectivity index (χ0n) is 8.64. The van der Waals surface area contributed by atoms with Gasteiger partial charge in [0.2, 0.25) is 0 Å². The van der Waals surface area contributed by atoms with E-state index in [1.54, 1.807) is 7.05 Å². The standard InChI is InChI=1S/C9H7F3N4O/c1-16-8(13-14-15-16)6-2-4-7(5-3-6)17-9(10,11)12/h2-5H,1H3. The third-order valence-electron chi connectivity index (χ3n) is 1.97. The van der Waals surface area contributed by atoms with Crippen molar-refractivity contribution in [1.29, 1.82) is 0 Å². The summed E-state index contributed by atoms with van der Waals surface area (Å²) in [5, 5.41) is 10.8. The molecule has 1 aromatic heterocycles. The highest BCUT2D eigenvalue weighted by atomic mass is 19.4. The average Bonchev–Trinajstić information content (AvgIpc) is 2.63. The number of tetrazole rings is 1. The lowest BCUT2D eigenvalue weighted by Crippen LogP contribution is -2.16. The third kappa shape index (κ3) is 2.71. The van der Waals surface area contributed by atoms with Crippen LogP contribution in [-0.4, -0.2) is 26.6 Å². The molecule has 0 aliphatic heterocycles. The number of rotatable bonds is 2. The van der Waals surface area contributed by atoms with E-state index in [1.165, 1.54) is 28.9 Å². The van der Waals surface area contributed by atoms with Gasteiger partial charge in [-0.2, -0.15) is 0 Å². The molecule has 2 aromatic rings. The normalized spacial score (nSPS) is 11.5. The third-order valence-corrected chi connectivity index (χ3v) is 1.97. The Kier molecular flexibility index (Phi) is 2.70. The molecular formula is C9H7F3N4O. The Labute approximate surface area is 93.8 Å². The first kappa shape index (κ1) is 11.4. The monoisotopic (exact) mass is 244 g/mol. The molecule has 0 saturated carbocycles. The van der Waals surface area contributed by atoms with Crippen molar-refractivity contribution in [3.05, 3.63) is 24.3 Å². The number of hydrogen-bond acceptors (Lipinski definition) is 4. The van der Waals surface area contributed by atoms with E-state index < -0.39 is 6.36 Å². The van der Waals surface area contributed by atoms with Gasteiger partial charge >= 0.3 is 6.36 Å². The van der Waals surface area contributed by atoms with Crippen LogP contribution in [0.15, 0.2) is 24.3 Å². The molecule has 5 nitrogen and oxygen atoms in total. The van der Waals surface area contributed by atoms with Crippen LogP contribution in [0.1, 0.15) is 0 Å². The van der Waals surface area contributed by atoms with Crippen molar-refractivity contribution in [2.24, 2.45) is 7.05 Å². The van der Waals surface area contributed by atoms with Crippen LogP contribution in [-0.2, 0) is 7.05 Å². The van der Waals surface area contributed by atoms with Crippen LogP contribution in [0.2, 0.25) is 0 Å². The summed E-state index contributed by atoms with van der Waals surface area (Å²) >= 11 is 0. The van der Waals surface area contributed by atoms with Crippen LogP contribution in [0, 0.1) is 0 Å². The summed E-state index contributed by atoms with van der Waals surface area (Å²) in [6.45, 7) is 0. The number of benzene rings is 1. The second-order valence-corrected chi connectivity index (χ2v) is 3.20. The summed E-state index contributed by atoms with van der Waals surface area (Å²) in [6, 6.07) is 5.31. The smallest absolute Gasteiger partial charge is 0.406 e. The molecule has 0 radical (unpaired) electrons. The topological polar surface area (TPSA) is 52.8 Å². The van der Waals surface area contributed by atoms with Crippen LogP contribution in [0.25, 0.3) is 11.4 Å². The Morgan fingerprint density at radius 2 is 1.82 bits per heavy atom. The van der Waals surface area contributed by atoms with Crippen molar-refractivity contribution < 1.29 is 17.9 Å². The molecule has 17 heavy (non-hydrogen) atoms. The van der Waals surface area contributed by atoms with E-state index >= 15 is 0 Å². The number of aromatic nitrogens is 4. The highest BCUT2D eigenvalue weighted by molar-refractivity contribution is 5.55. The van der Waals surface area contributed by atoms with Gasteiger partial charge in [0.05, 0.1) is 0 Å². The Morgan fingerprint density at radius 1 is 1.18 bits per heavy atom. The first-order valence-electron chi connectivity index (χ1n) is 4.54. The van der Waals surface area contributed by atoms with Gasteiger partial charge < -0.3 is 4.74 Å². The molecule has 0 saturated heterocycles. The molecule has 0 fully saturated rings. The van der Waals surface area contributed by atoms with Crippen molar-refractivity contribution >= 4 is 0 Å². The van der Waals surface area contributed by atoms with Gasteiger partial charge in [0, 0.05) is 12.6 Å². The Hall–Kier alpha value is -2.12. The summed E-state index contributed by atoms with van der Waals surface area (Å²) in [5.41, 5.74) is 0.604. The quantitative estimate of drug-likeness (QED) is 0.807. The fourth-order valence-corrected chi connectivity index (χ4v) is 1.28. The molecule has 0 spiro atoms. The number of aryl methyl sites for hydroxylation is 1. The van der Waals surface area contributed by atoms with Gasteiger partial charge in [-0.3, -0.25) is 0 Å². The van der Waals surface area contributed by atoms with E-state index in [-0.39, 0.29) is 5.75 Å². The molecule has 0 aliphatic carbocycles. The molecule has 0 aliphatic rings. The van der Waals surface area contributed by atoms with Crippen LogP contribution in [0.4, 0.5) is 13.2 Å². The van der Waals surface area contributed by atoms with E-state index in [4.69, 9.17) is 0 Å². The fraction of sp³-hybridized carbons (Fsp3) is 0.222. The number of halogens is 3. The van der Waals surface area contributed by atoms with E-state index in [9.17, 15) is 13.2 Å². The van der Waals surface area contributed by atoms with Gasteiger partial charge in [0.15, 0.2) is 5.82 Å². The van der Waals surface area contributed by atoms with Crippen LogP contribution in [0.3, 0.4) is 0 Å². The average molecular weight is 244 g/mol. The predicted molar refractivity (Wildman–Crippen MR) is 50.9 cm³/mol. The first-order valence-corrected chi connectivity index (χ1v) is 4.54. The molecule has 0 amide bonds. The zero-order valence-corrected chi connectivity index (χ0v) is 8.64. The van der Waals surface area contributed by atoms with Crippen molar-refractivity contribution in [1.82, 2.24) is 20.2 Å².